The predicted octanol–water partition coefficient (Wildman–Crippen LogP) is 3.72. The second kappa shape index (κ2) is 7.51. The summed E-state index contributed by atoms with van der Waals surface area (Å²) >= 11 is 1.86. The summed E-state index contributed by atoms with van der Waals surface area (Å²) < 4.78 is 0. The van der Waals surface area contributed by atoms with Crippen molar-refractivity contribution in [2.24, 2.45) is 0 Å². The molecule has 1 aliphatic carbocycles. The SMILES string of the molecule is CCCCC(=O)N1CCN(c2nc(C)nc3sc4c(c23)CCCC4)CC1. The summed E-state index contributed by atoms with van der Waals surface area (Å²) in [6.45, 7) is 7.47. The lowest BCUT2D eigenvalue weighted by molar-refractivity contribution is -0.131. The lowest BCUT2D eigenvalue weighted by Crippen LogP contribution is -2.49. The van der Waals surface area contributed by atoms with Gasteiger partial charge in [-0.2, -0.15) is 0 Å². The molecule has 2 aromatic rings. The molecule has 0 spiro atoms. The van der Waals surface area contributed by atoms with Crippen molar-refractivity contribution in [3.8, 4) is 0 Å². The first-order valence-electron chi connectivity index (χ1n) is 9.99. The third-order valence-corrected chi connectivity index (χ3v) is 6.77. The van der Waals surface area contributed by atoms with Gasteiger partial charge in [-0.25, -0.2) is 9.97 Å². The standard InChI is InChI=1S/C20H28N4OS/c1-3-4-9-17(25)23-10-12-24(13-11-23)19-18-15-7-5-6-8-16(15)26-20(18)22-14(2)21-19/h3-13H2,1-2H3. The number of hydrogen-bond donors (Lipinski definition) is 0. The number of anilines is 1. The van der Waals surface area contributed by atoms with Gasteiger partial charge in [0.2, 0.25) is 5.91 Å². The van der Waals surface area contributed by atoms with Crippen molar-refractivity contribution in [2.45, 2.75) is 58.8 Å². The quantitative estimate of drug-likeness (QED) is 0.821. The van der Waals surface area contributed by atoms with E-state index in [1.165, 1.54) is 35.1 Å². The summed E-state index contributed by atoms with van der Waals surface area (Å²) in [6, 6.07) is 0. The van der Waals surface area contributed by atoms with Crippen molar-refractivity contribution < 1.29 is 4.79 Å². The Morgan fingerprint density at radius 3 is 2.65 bits per heavy atom. The number of hydrogen-bond acceptors (Lipinski definition) is 5. The minimum Gasteiger partial charge on any atom is -0.352 e. The van der Waals surface area contributed by atoms with Crippen LogP contribution in [0.2, 0.25) is 0 Å². The Labute approximate surface area is 159 Å². The smallest absolute Gasteiger partial charge is 0.222 e. The van der Waals surface area contributed by atoms with E-state index in [2.05, 4.69) is 11.8 Å². The highest BCUT2D eigenvalue weighted by Gasteiger charge is 2.26. The number of aryl methyl sites for hydroxylation is 3. The molecule has 1 aliphatic heterocycles. The minimum absolute atomic E-state index is 0.309. The molecule has 0 aromatic carbocycles. The van der Waals surface area contributed by atoms with Gasteiger partial charge in [0.25, 0.3) is 0 Å². The second-order valence-electron chi connectivity index (χ2n) is 7.46. The van der Waals surface area contributed by atoms with Gasteiger partial charge in [-0.05, 0) is 44.6 Å². The van der Waals surface area contributed by atoms with Crippen LogP contribution >= 0.6 is 11.3 Å². The normalized spacial score (nSPS) is 17.6. The van der Waals surface area contributed by atoms with Crippen LogP contribution in [0.3, 0.4) is 0 Å². The molecule has 140 valence electrons. The first kappa shape index (κ1) is 17.7. The summed E-state index contributed by atoms with van der Waals surface area (Å²) in [6.07, 6.45) is 7.66. The van der Waals surface area contributed by atoms with Gasteiger partial charge in [-0.1, -0.05) is 13.3 Å². The number of unbranched alkanes of at least 4 members (excludes halogenated alkanes) is 1. The summed E-state index contributed by atoms with van der Waals surface area (Å²) in [4.78, 5) is 28.9. The molecule has 1 amide bonds. The molecule has 0 bridgehead atoms. The van der Waals surface area contributed by atoms with Crippen molar-refractivity contribution in [3.63, 3.8) is 0 Å². The maximum atomic E-state index is 12.3. The monoisotopic (exact) mass is 372 g/mol. The van der Waals surface area contributed by atoms with Crippen LogP contribution in [0.5, 0.6) is 0 Å². The Hall–Kier alpha value is -1.69. The molecule has 2 aromatic heterocycles. The fourth-order valence-corrected chi connectivity index (χ4v) is 5.43. The largest absolute Gasteiger partial charge is 0.352 e. The van der Waals surface area contributed by atoms with E-state index in [1.807, 2.05) is 23.2 Å². The Kier molecular flexibility index (Phi) is 5.11. The molecule has 2 aliphatic rings. The lowest BCUT2D eigenvalue weighted by Gasteiger charge is -2.36. The van der Waals surface area contributed by atoms with E-state index in [0.29, 0.717) is 12.3 Å². The number of carbonyl (C=O) groups excluding carboxylic acids is 1. The number of amides is 1. The number of carbonyl (C=O) groups is 1. The molecule has 26 heavy (non-hydrogen) atoms. The van der Waals surface area contributed by atoms with Crippen LogP contribution in [0, 0.1) is 6.92 Å². The highest BCUT2D eigenvalue weighted by atomic mass is 32.1. The Balaban J connectivity index is 1.58. The molecule has 1 fully saturated rings. The van der Waals surface area contributed by atoms with E-state index in [4.69, 9.17) is 9.97 Å². The van der Waals surface area contributed by atoms with Gasteiger partial charge in [0.15, 0.2) is 0 Å². The second-order valence-corrected chi connectivity index (χ2v) is 8.54. The number of aromatic nitrogens is 2. The maximum Gasteiger partial charge on any atom is 0.222 e. The van der Waals surface area contributed by atoms with Crippen molar-refractivity contribution >= 4 is 33.3 Å². The van der Waals surface area contributed by atoms with Crippen LogP contribution < -0.4 is 4.90 Å². The van der Waals surface area contributed by atoms with Crippen LogP contribution in [0.1, 0.15) is 55.3 Å². The Morgan fingerprint density at radius 2 is 1.88 bits per heavy atom. The average molecular weight is 373 g/mol. The molecule has 0 unspecified atom stereocenters. The fraction of sp³-hybridized carbons (Fsp3) is 0.650. The third kappa shape index (κ3) is 3.31. The first-order chi connectivity index (χ1) is 12.7. The average Bonchev–Trinajstić information content (AvgIpc) is 3.03. The van der Waals surface area contributed by atoms with Gasteiger partial charge in [0.05, 0.1) is 5.39 Å². The molecule has 0 saturated carbocycles. The third-order valence-electron chi connectivity index (χ3n) is 5.58. The molecule has 0 atom stereocenters. The lowest BCUT2D eigenvalue weighted by atomic mass is 9.97. The van der Waals surface area contributed by atoms with Gasteiger partial charge in [-0.15, -0.1) is 11.3 Å². The van der Waals surface area contributed by atoms with Gasteiger partial charge in [0.1, 0.15) is 16.5 Å². The molecule has 4 rings (SSSR count). The maximum absolute atomic E-state index is 12.3. The Morgan fingerprint density at radius 1 is 1.12 bits per heavy atom. The van der Waals surface area contributed by atoms with Crippen LogP contribution in [0.25, 0.3) is 10.2 Å². The number of rotatable bonds is 4. The Bertz CT molecular complexity index is 808. The number of fused-ring (bicyclic) bond motifs is 3. The van der Waals surface area contributed by atoms with Crippen molar-refractivity contribution in [1.82, 2.24) is 14.9 Å². The summed E-state index contributed by atoms with van der Waals surface area (Å²) in [5.74, 6) is 2.27. The van der Waals surface area contributed by atoms with Crippen molar-refractivity contribution in [3.05, 3.63) is 16.3 Å². The number of piperazine rings is 1. The molecular weight excluding hydrogens is 344 g/mol. The summed E-state index contributed by atoms with van der Waals surface area (Å²) in [7, 11) is 0. The van der Waals surface area contributed by atoms with E-state index in [0.717, 1.165) is 61.9 Å². The van der Waals surface area contributed by atoms with Crippen LogP contribution in [-0.2, 0) is 17.6 Å². The van der Waals surface area contributed by atoms with Crippen LogP contribution in [-0.4, -0.2) is 47.0 Å². The van der Waals surface area contributed by atoms with E-state index in [1.54, 1.807) is 0 Å². The van der Waals surface area contributed by atoms with Crippen molar-refractivity contribution in [1.29, 1.82) is 0 Å². The van der Waals surface area contributed by atoms with E-state index < -0.39 is 0 Å². The summed E-state index contributed by atoms with van der Waals surface area (Å²) in [5, 5.41) is 1.29. The number of nitrogens with zero attached hydrogens (tertiary/aromatic N) is 4. The molecule has 6 heteroatoms. The minimum atomic E-state index is 0.309. The van der Waals surface area contributed by atoms with Gasteiger partial charge < -0.3 is 9.80 Å². The van der Waals surface area contributed by atoms with Gasteiger partial charge in [-0.3, -0.25) is 4.79 Å². The predicted molar refractivity (Wildman–Crippen MR) is 107 cm³/mol. The molecule has 3 heterocycles. The van der Waals surface area contributed by atoms with E-state index >= 15 is 0 Å². The zero-order chi connectivity index (χ0) is 18.1. The van der Waals surface area contributed by atoms with Crippen molar-refractivity contribution in [2.75, 3.05) is 31.1 Å². The van der Waals surface area contributed by atoms with E-state index in [9.17, 15) is 4.79 Å². The van der Waals surface area contributed by atoms with Crippen LogP contribution in [0.4, 0.5) is 5.82 Å². The van der Waals surface area contributed by atoms with Crippen LogP contribution in [0.15, 0.2) is 0 Å². The topological polar surface area (TPSA) is 49.3 Å². The highest BCUT2D eigenvalue weighted by Crippen LogP contribution is 2.39. The summed E-state index contributed by atoms with van der Waals surface area (Å²) in [5.41, 5.74) is 1.49. The molecule has 0 radical (unpaired) electrons. The zero-order valence-corrected chi connectivity index (χ0v) is 16.7. The molecule has 0 N–H and O–H groups in total. The van der Waals surface area contributed by atoms with Gasteiger partial charge in [0, 0.05) is 37.5 Å². The number of thiophene rings is 1. The molecule has 5 nitrogen and oxygen atoms in total. The van der Waals surface area contributed by atoms with E-state index in [-0.39, 0.29) is 0 Å². The zero-order valence-electron chi connectivity index (χ0n) is 15.9. The molecular formula is C20H28N4OS. The molecule has 1 saturated heterocycles. The highest BCUT2D eigenvalue weighted by molar-refractivity contribution is 7.19. The van der Waals surface area contributed by atoms with Gasteiger partial charge >= 0.3 is 0 Å². The first-order valence-corrected chi connectivity index (χ1v) is 10.8. The fourth-order valence-electron chi connectivity index (χ4n) is 4.12.